The highest BCUT2D eigenvalue weighted by Crippen LogP contribution is 2.43. The number of aliphatic imine (C=N–C) groups is 1. The van der Waals surface area contributed by atoms with Gasteiger partial charge in [-0.2, -0.15) is 0 Å². The molecule has 1 aromatic carbocycles. The van der Waals surface area contributed by atoms with Gasteiger partial charge in [-0.3, -0.25) is 4.99 Å². The number of guanidine groups is 1. The molecule has 0 bridgehead atoms. The van der Waals surface area contributed by atoms with Crippen molar-refractivity contribution in [3.05, 3.63) is 29.8 Å². The molecule has 0 saturated carbocycles. The summed E-state index contributed by atoms with van der Waals surface area (Å²) in [6.07, 6.45) is 0.901. The van der Waals surface area contributed by atoms with Crippen molar-refractivity contribution in [1.29, 1.82) is 0 Å². The Bertz CT molecular complexity index is 503. The van der Waals surface area contributed by atoms with Crippen LogP contribution in [0, 0.1) is 0 Å². The van der Waals surface area contributed by atoms with Crippen LogP contribution in [0.4, 0.5) is 0 Å². The number of ether oxygens (including phenoxy) is 2. The summed E-state index contributed by atoms with van der Waals surface area (Å²) in [5.41, 5.74) is 7.09. The number of benzene rings is 1. The standard InChI is InChI=1S/C14H19N3O2/c1-18-9-7-17-13(15)16-10-14(17)6-8-19-12-5-3-2-4-11(12)14/h2-5H,6-10H2,1H3,(H2,15,16). The lowest BCUT2D eigenvalue weighted by atomic mass is 9.83. The number of fused-ring (bicyclic) bond motifs is 2. The van der Waals surface area contributed by atoms with Crippen LogP contribution >= 0.6 is 0 Å². The van der Waals surface area contributed by atoms with Crippen LogP contribution in [0.5, 0.6) is 5.75 Å². The van der Waals surface area contributed by atoms with Gasteiger partial charge >= 0.3 is 0 Å². The SMILES string of the molecule is COCCN1C(N)=NCC12CCOc1ccccc12. The minimum atomic E-state index is -0.155. The Labute approximate surface area is 113 Å². The molecule has 2 N–H and O–H groups in total. The molecular formula is C14H19N3O2. The quantitative estimate of drug-likeness (QED) is 0.879. The number of rotatable bonds is 3. The van der Waals surface area contributed by atoms with Crippen LogP contribution in [0.2, 0.25) is 0 Å². The molecule has 0 aliphatic carbocycles. The van der Waals surface area contributed by atoms with Crippen molar-refractivity contribution >= 4 is 5.96 Å². The fourth-order valence-corrected chi connectivity index (χ4v) is 3.00. The molecule has 0 saturated heterocycles. The molecular weight excluding hydrogens is 242 g/mol. The van der Waals surface area contributed by atoms with Crippen molar-refractivity contribution in [3.63, 3.8) is 0 Å². The third-order valence-corrected chi connectivity index (χ3v) is 3.98. The molecule has 2 aliphatic rings. The lowest BCUT2D eigenvalue weighted by Crippen LogP contribution is -2.52. The summed E-state index contributed by atoms with van der Waals surface area (Å²) in [4.78, 5) is 6.62. The van der Waals surface area contributed by atoms with Crippen molar-refractivity contribution < 1.29 is 9.47 Å². The second-order valence-electron chi connectivity index (χ2n) is 4.95. The maximum absolute atomic E-state index is 6.06. The van der Waals surface area contributed by atoms with E-state index in [1.807, 2.05) is 18.2 Å². The fraction of sp³-hybridized carbons (Fsp3) is 0.500. The maximum atomic E-state index is 6.06. The van der Waals surface area contributed by atoms with Crippen molar-refractivity contribution in [2.24, 2.45) is 10.7 Å². The van der Waals surface area contributed by atoms with Gasteiger partial charge in [0.15, 0.2) is 5.96 Å². The Hall–Kier alpha value is -1.75. The average Bonchev–Trinajstić information content (AvgIpc) is 2.75. The zero-order chi connectivity index (χ0) is 13.3. The number of para-hydroxylation sites is 1. The van der Waals surface area contributed by atoms with Gasteiger partial charge in [-0.25, -0.2) is 0 Å². The Kier molecular flexibility index (Phi) is 3.06. The number of hydrogen-bond donors (Lipinski definition) is 1. The summed E-state index contributed by atoms with van der Waals surface area (Å²) in [7, 11) is 1.70. The monoisotopic (exact) mass is 261 g/mol. The Morgan fingerprint density at radius 3 is 3.16 bits per heavy atom. The molecule has 3 rings (SSSR count). The number of hydrogen-bond acceptors (Lipinski definition) is 5. The van der Waals surface area contributed by atoms with E-state index >= 15 is 0 Å². The third kappa shape index (κ3) is 1.85. The molecule has 0 aromatic heterocycles. The van der Waals surface area contributed by atoms with E-state index in [1.165, 1.54) is 5.56 Å². The highest BCUT2D eigenvalue weighted by atomic mass is 16.5. The molecule has 102 valence electrons. The first-order chi connectivity index (χ1) is 9.28. The minimum Gasteiger partial charge on any atom is -0.493 e. The predicted octanol–water partition coefficient (Wildman–Crippen LogP) is 0.941. The molecule has 2 heterocycles. The van der Waals surface area contributed by atoms with Crippen LogP contribution in [0.25, 0.3) is 0 Å². The molecule has 0 fully saturated rings. The van der Waals surface area contributed by atoms with Crippen molar-refractivity contribution in [1.82, 2.24) is 4.90 Å². The molecule has 0 amide bonds. The lowest BCUT2D eigenvalue weighted by molar-refractivity contribution is 0.0917. The van der Waals surface area contributed by atoms with Gasteiger partial charge in [0, 0.05) is 25.6 Å². The van der Waals surface area contributed by atoms with E-state index in [4.69, 9.17) is 15.2 Å². The molecule has 1 spiro atoms. The smallest absolute Gasteiger partial charge is 0.192 e. The van der Waals surface area contributed by atoms with E-state index in [1.54, 1.807) is 7.11 Å². The van der Waals surface area contributed by atoms with Gasteiger partial charge in [-0.1, -0.05) is 18.2 Å². The largest absolute Gasteiger partial charge is 0.493 e. The highest BCUT2D eigenvalue weighted by molar-refractivity contribution is 5.81. The fourth-order valence-electron chi connectivity index (χ4n) is 3.00. The molecule has 1 atom stereocenters. The van der Waals surface area contributed by atoms with Crippen LogP contribution in [0.3, 0.4) is 0 Å². The van der Waals surface area contributed by atoms with E-state index in [2.05, 4.69) is 16.0 Å². The van der Waals surface area contributed by atoms with Gasteiger partial charge < -0.3 is 20.1 Å². The number of nitrogens with two attached hydrogens (primary N) is 1. The summed E-state index contributed by atoms with van der Waals surface area (Å²) in [5.74, 6) is 1.55. The van der Waals surface area contributed by atoms with Crippen LogP contribution in [0.1, 0.15) is 12.0 Å². The minimum absolute atomic E-state index is 0.155. The van der Waals surface area contributed by atoms with Gasteiger partial charge in [0.25, 0.3) is 0 Å². The van der Waals surface area contributed by atoms with Gasteiger partial charge in [0.2, 0.25) is 0 Å². The second kappa shape index (κ2) is 4.74. The summed E-state index contributed by atoms with van der Waals surface area (Å²) >= 11 is 0. The average molecular weight is 261 g/mol. The number of methoxy groups -OCH3 is 1. The van der Waals surface area contributed by atoms with Crippen molar-refractivity contribution in [2.45, 2.75) is 12.0 Å². The van der Waals surface area contributed by atoms with Crippen LogP contribution in [-0.2, 0) is 10.3 Å². The van der Waals surface area contributed by atoms with Crippen molar-refractivity contribution in [2.75, 3.05) is 33.4 Å². The Morgan fingerprint density at radius 2 is 2.32 bits per heavy atom. The molecule has 2 aliphatic heterocycles. The normalized spacial score (nSPS) is 25.1. The summed E-state index contributed by atoms with van der Waals surface area (Å²) < 4.78 is 10.9. The molecule has 1 unspecified atom stereocenters. The zero-order valence-corrected chi connectivity index (χ0v) is 11.1. The Morgan fingerprint density at radius 1 is 1.47 bits per heavy atom. The van der Waals surface area contributed by atoms with Gasteiger partial charge in [-0.05, 0) is 6.07 Å². The maximum Gasteiger partial charge on any atom is 0.192 e. The van der Waals surface area contributed by atoms with Gasteiger partial charge in [-0.15, -0.1) is 0 Å². The lowest BCUT2D eigenvalue weighted by Gasteiger charge is -2.42. The summed E-state index contributed by atoms with van der Waals surface area (Å²) in [6.45, 7) is 2.79. The second-order valence-corrected chi connectivity index (χ2v) is 4.95. The first-order valence-corrected chi connectivity index (χ1v) is 6.57. The third-order valence-electron chi connectivity index (χ3n) is 3.98. The van der Waals surface area contributed by atoms with Gasteiger partial charge in [0.05, 0.1) is 25.3 Å². The summed E-state index contributed by atoms with van der Waals surface area (Å²) in [6, 6.07) is 8.16. The zero-order valence-electron chi connectivity index (χ0n) is 11.1. The first-order valence-electron chi connectivity index (χ1n) is 6.57. The summed E-state index contributed by atoms with van der Waals surface area (Å²) in [5, 5.41) is 0. The highest BCUT2D eigenvalue weighted by Gasteiger charge is 2.46. The molecule has 1 aromatic rings. The topological polar surface area (TPSA) is 60.1 Å². The van der Waals surface area contributed by atoms with E-state index in [9.17, 15) is 0 Å². The molecule has 5 nitrogen and oxygen atoms in total. The van der Waals surface area contributed by atoms with E-state index < -0.39 is 0 Å². The van der Waals surface area contributed by atoms with Crippen molar-refractivity contribution in [3.8, 4) is 5.75 Å². The molecule has 5 heteroatoms. The van der Waals surface area contributed by atoms with E-state index in [0.29, 0.717) is 25.7 Å². The number of nitrogens with zero attached hydrogens (tertiary/aromatic N) is 2. The predicted molar refractivity (Wildman–Crippen MR) is 73.3 cm³/mol. The molecule has 0 radical (unpaired) electrons. The van der Waals surface area contributed by atoms with Gasteiger partial charge in [0.1, 0.15) is 5.75 Å². The first kappa shape index (κ1) is 12.3. The van der Waals surface area contributed by atoms with Crippen LogP contribution in [-0.4, -0.2) is 44.3 Å². The van der Waals surface area contributed by atoms with E-state index in [-0.39, 0.29) is 5.54 Å². The van der Waals surface area contributed by atoms with E-state index in [0.717, 1.165) is 18.7 Å². The molecule has 19 heavy (non-hydrogen) atoms. The van der Waals surface area contributed by atoms with Crippen LogP contribution < -0.4 is 10.5 Å². The Balaban J connectivity index is 1.99. The van der Waals surface area contributed by atoms with Crippen LogP contribution in [0.15, 0.2) is 29.3 Å².